The summed E-state index contributed by atoms with van der Waals surface area (Å²) in [5.74, 6) is 1.16. The molecule has 3 nitrogen and oxygen atoms in total. The van der Waals surface area contributed by atoms with Gasteiger partial charge in [0.25, 0.3) is 0 Å². The number of phenolic OH excluding ortho intramolecular Hbond substituents is 1. The van der Waals surface area contributed by atoms with Crippen molar-refractivity contribution in [3.05, 3.63) is 58.9 Å². The second kappa shape index (κ2) is 5.16. The molecule has 0 fully saturated rings. The highest BCUT2D eigenvalue weighted by Crippen LogP contribution is 2.35. The van der Waals surface area contributed by atoms with Crippen molar-refractivity contribution in [2.45, 2.75) is 39.5 Å². The van der Waals surface area contributed by atoms with E-state index in [1.165, 1.54) is 5.56 Å². The third kappa shape index (κ3) is 2.59. The third-order valence-corrected chi connectivity index (χ3v) is 4.07. The Bertz CT molecular complexity index is 811. The van der Waals surface area contributed by atoms with Gasteiger partial charge in [-0.15, -0.1) is 0 Å². The standard InChI is InChI=1S/C19H22N2O/c1-12-14(19(2,3)4)11-15(22)18-17(12)20-16(21-18)10-13-8-6-5-7-9-13/h5-9,11,22H,10H2,1-4H3,(H,20,21). The van der Waals surface area contributed by atoms with Crippen molar-refractivity contribution < 1.29 is 5.11 Å². The molecular formula is C19H22N2O. The molecule has 0 unspecified atom stereocenters. The van der Waals surface area contributed by atoms with Crippen molar-refractivity contribution in [3.8, 4) is 5.75 Å². The van der Waals surface area contributed by atoms with Crippen LogP contribution in [0, 0.1) is 6.92 Å². The Morgan fingerprint density at radius 1 is 1.14 bits per heavy atom. The molecule has 0 bridgehead atoms. The lowest BCUT2D eigenvalue weighted by Crippen LogP contribution is -2.13. The minimum absolute atomic E-state index is 0.0195. The number of imidazole rings is 1. The van der Waals surface area contributed by atoms with E-state index in [1.807, 2.05) is 24.3 Å². The van der Waals surface area contributed by atoms with Crippen LogP contribution in [0.25, 0.3) is 11.0 Å². The Kier molecular flexibility index (Phi) is 3.44. The average molecular weight is 294 g/mol. The molecule has 0 saturated heterocycles. The first-order valence-electron chi connectivity index (χ1n) is 7.62. The Morgan fingerprint density at radius 2 is 1.82 bits per heavy atom. The maximum Gasteiger partial charge on any atom is 0.141 e. The highest BCUT2D eigenvalue weighted by Gasteiger charge is 2.21. The third-order valence-electron chi connectivity index (χ3n) is 4.07. The van der Waals surface area contributed by atoms with Crippen LogP contribution in [0.5, 0.6) is 5.75 Å². The van der Waals surface area contributed by atoms with Crippen LogP contribution >= 0.6 is 0 Å². The summed E-state index contributed by atoms with van der Waals surface area (Å²) in [5.41, 5.74) is 5.06. The zero-order chi connectivity index (χ0) is 15.9. The van der Waals surface area contributed by atoms with Crippen LogP contribution < -0.4 is 0 Å². The first-order valence-corrected chi connectivity index (χ1v) is 7.62. The van der Waals surface area contributed by atoms with Gasteiger partial charge in [-0.3, -0.25) is 0 Å². The van der Waals surface area contributed by atoms with Crippen LogP contribution in [0.3, 0.4) is 0 Å². The minimum atomic E-state index is -0.0195. The zero-order valence-corrected chi connectivity index (χ0v) is 13.6. The van der Waals surface area contributed by atoms with Crippen molar-refractivity contribution in [1.82, 2.24) is 9.97 Å². The van der Waals surface area contributed by atoms with Gasteiger partial charge in [0.05, 0.1) is 5.52 Å². The number of aromatic hydroxyl groups is 1. The van der Waals surface area contributed by atoms with Gasteiger partial charge in [0.1, 0.15) is 17.1 Å². The molecule has 2 aromatic carbocycles. The first kappa shape index (κ1) is 14.6. The van der Waals surface area contributed by atoms with Crippen molar-refractivity contribution in [2.24, 2.45) is 0 Å². The Balaban J connectivity index is 2.10. The number of phenols is 1. The summed E-state index contributed by atoms with van der Waals surface area (Å²) < 4.78 is 0. The van der Waals surface area contributed by atoms with E-state index >= 15 is 0 Å². The molecule has 3 aromatic rings. The number of fused-ring (bicyclic) bond motifs is 1. The van der Waals surface area contributed by atoms with Crippen LogP contribution in [0.15, 0.2) is 36.4 Å². The number of benzene rings is 2. The lowest BCUT2D eigenvalue weighted by atomic mass is 9.83. The van der Waals surface area contributed by atoms with E-state index in [0.717, 1.165) is 34.4 Å². The molecule has 0 saturated carbocycles. The van der Waals surface area contributed by atoms with Crippen LogP contribution in [0.2, 0.25) is 0 Å². The van der Waals surface area contributed by atoms with Crippen LogP contribution in [-0.4, -0.2) is 15.1 Å². The van der Waals surface area contributed by atoms with Gasteiger partial charge in [-0.2, -0.15) is 0 Å². The number of aromatic nitrogens is 2. The second-order valence-electron chi connectivity index (χ2n) is 6.89. The summed E-state index contributed by atoms with van der Waals surface area (Å²) in [5, 5.41) is 10.3. The monoisotopic (exact) mass is 294 g/mol. The van der Waals surface area contributed by atoms with Crippen molar-refractivity contribution in [3.63, 3.8) is 0 Å². The van der Waals surface area contributed by atoms with Crippen LogP contribution in [0.4, 0.5) is 0 Å². The van der Waals surface area contributed by atoms with Crippen molar-refractivity contribution in [1.29, 1.82) is 0 Å². The summed E-state index contributed by atoms with van der Waals surface area (Å²) in [7, 11) is 0. The summed E-state index contributed by atoms with van der Waals surface area (Å²) in [6.07, 6.45) is 0.735. The molecule has 0 radical (unpaired) electrons. The van der Waals surface area contributed by atoms with Crippen LogP contribution in [-0.2, 0) is 11.8 Å². The number of hydrogen-bond donors (Lipinski definition) is 2. The fraction of sp³-hybridized carbons (Fsp3) is 0.316. The fourth-order valence-electron chi connectivity index (χ4n) is 2.98. The molecule has 0 spiro atoms. The number of hydrogen-bond acceptors (Lipinski definition) is 2. The van der Waals surface area contributed by atoms with Gasteiger partial charge in [-0.1, -0.05) is 51.1 Å². The number of nitrogens with one attached hydrogen (secondary N) is 1. The Labute approximate surface area is 131 Å². The minimum Gasteiger partial charge on any atom is -0.506 e. The summed E-state index contributed by atoms with van der Waals surface area (Å²) in [6, 6.07) is 12.1. The second-order valence-corrected chi connectivity index (χ2v) is 6.89. The molecular weight excluding hydrogens is 272 g/mol. The van der Waals surface area contributed by atoms with E-state index in [2.05, 4.69) is 44.8 Å². The number of aromatic amines is 1. The van der Waals surface area contributed by atoms with E-state index in [9.17, 15) is 5.11 Å². The predicted molar refractivity (Wildman–Crippen MR) is 90.4 cm³/mol. The van der Waals surface area contributed by atoms with Gasteiger partial charge in [-0.05, 0) is 35.1 Å². The lowest BCUT2D eigenvalue weighted by molar-refractivity contribution is 0.476. The van der Waals surface area contributed by atoms with Gasteiger partial charge in [0, 0.05) is 6.42 Å². The largest absolute Gasteiger partial charge is 0.506 e. The van der Waals surface area contributed by atoms with E-state index in [0.29, 0.717) is 0 Å². The smallest absolute Gasteiger partial charge is 0.141 e. The molecule has 3 rings (SSSR count). The van der Waals surface area contributed by atoms with E-state index in [4.69, 9.17) is 4.98 Å². The Morgan fingerprint density at radius 3 is 2.45 bits per heavy atom. The SMILES string of the molecule is Cc1c(C(C)(C)C)cc(O)c2[nH]c(Cc3ccccc3)nc12. The van der Waals surface area contributed by atoms with Gasteiger partial charge in [0.2, 0.25) is 0 Å². The molecule has 22 heavy (non-hydrogen) atoms. The number of aryl methyl sites for hydroxylation is 1. The molecule has 2 N–H and O–H groups in total. The number of rotatable bonds is 2. The van der Waals surface area contributed by atoms with Gasteiger partial charge < -0.3 is 10.1 Å². The predicted octanol–water partition coefficient (Wildman–Crippen LogP) is 4.47. The van der Waals surface area contributed by atoms with E-state index in [-0.39, 0.29) is 11.2 Å². The number of H-pyrrole nitrogens is 1. The molecule has 0 aliphatic heterocycles. The first-order chi connectivity index (χ1) is 10.4. The topological polar surface area (TPSA) is 48.9 Å². The quantitative estimate of drug-likeness (QED) is 0.733. The Hall–Kier alpha value is -2.29. The van der Waals surface area contributed by atoms with Gasteiger partial charge in [-0.25, -0.2) is 4.98 Å². The molecule has 0 amide bonds. The van der Waals surface area contributed by atoms with Gasteiger partial charge in [0.15, 0.2) is 0 Å². The summed E-state index contributed by atoms with van der Waals surface area (Å²) >= 11 is 0. The highest BCUT2D eigenvalue weighted by molar-refractivity contribution is 5.86. The number of nitrogens with zero attached hydrogens (tertiary/aromatic N) is 1. The van der Waals surface area contributed by atoms with Crippen molar-refractivity contribution in [2.75, 3.05) is 0 Å². The highest BCUT2D eigenvalue weighted by atomic mass is 16.3. The molecule has 0 aliphatic rings. The van der Waals surface area contributed by atoms with Crippen LogP contribution in [0.1, 0.15) is 43.3 Å². The lowest BCUT2D eigenvalue weighted by Gasteiger charge is -2.22. The summed E-state index contributed by atoms with van der Waals surface area (Å²) in [6.45, 7) is 8.53. The van der Waals surface area contributed by atoms with E-state index in [1.54, 1.807) is 0 Å². The normalized spacial score (nSPS) is 12.0. The van der Waals surface area contributed by atoms with Crippen molar-refractivity contribution >= 4 is 11.0 Å². The summed E-state index contributed by atoms with van der Waals surface area (Å²) in [4.78, 5) is 8.00. The van der Waals surface area contributed by atoms with E-state index < -0.39 is 0 Å². The average Bonchev–Trinajstić information content (AvgIpc) is 2.87. The maximum atomic E-state index is 10.3. The molecule has 0 atom stereocenters. The maximum absolute atomic E-state index is 10.3. The molecule has 3 heteroatoms. The fourth-order valence-corrected chi connectivity index (χ4v) is 2.98. The zero-order valence-electron chi connectivity index (χ0n) is 13.6. The molecule has 1 heterocycles. The molecule has 114 valence electrons. The molecule has 0 aliphatic carbocycles. The molecule has 1 aromatic heterocycles. The van der Waals surface area contributed by atoms with Gasteiger partial charge >= 0.3 is 0 Å².